The van der Waals surface area contributed by atoms with E-state index in [9.17, 15) is 9.59 Å². The van der Waals surface area contributed by atoms with Crippen molar-refractivity contribution in [2.75, 3.05) is 5.32 Å². The van der Waals surface area contributed by atoms with E-state index in [4.69, 9.17) is 5.73 Å². The number of rotatable bonds is 4. The maximum absolute atomic E-state index is 12.8. The van der Waals surface area contributed by atoms with Crippen LogP contribution in [-0.2, 0) is 11.3 Å². The van der Waals surface area contributed by atoms with E-state index in [-0.39, 0.29) is 23.4 Å². The molecule has 1 heterocycles. The molecule has 5 heteroatoms. The number of nitrogens with one attached hydrogen (secondary N) is 1. The third-order valence-electron chi connectivity index (χ3n) is 6.26. The zero-order valence-corrected chi connectivity index (χ0v) is 15.5. The summed E-state index contributed by atoms with van der Waals surface area (Å²) in [6.45, 7) is 0.492. The average Bonchev–Trinajstić information content (AvgIpc) is 2.65. The summed E-state index contributed by atoms with van der Waals surface area (Å²) < 4.78 is 1.64. The number of nitrogens with zero attached hydrogens (tertiary/aromatic N) is 1. The van der Waals surface area contributed by atoms with Gasteiger partial charge in [0, 0.05) is 18.2 Å². The second kappa shape index (κ2) is 7.69. The molecule has 5 nitrogen and oxygen atoms in total. The monoisotopic (exact) mass is 365 g/mol. The minimum atomic E-state index is -0.164. The van der Waals surface area contributed by atoms with Crippen molar-refractivity contribution >= 4 is 11.6 Å². The van der Waals surface area contributed by atoms with Gasteiger partial charge >= 0.3 is 0 Å². The van der Waals surface area contributed by atoms with Gasteiger partial charge in [0.15, 0.2) is 0 Å². The molecule has 1 amide bonds. The molecule has 2 saturated carbocycles. The van der Waals surface area contributed by atoms with Gasteiger partial charge in [0.1, 0.15) is 5.69 Å². The van der Waals surface area contributed by atoms with Crippen LogP contribution in [0.15, 0.2) is 53.5 Å². The average molecular weight is 365 g/mol. The highest BCUT2D eigenvalue weighted by Gasteiger charge is 2.40. The summed E-state index contributed by atoms with van der Waals surface area (Å²) in [7, 11) is 0. The Labute approximate surface area is 159 Å². The van der Waals surface area contributed by atoms with Crippen LogP contribution in [0.25, 0.3) is 0 Å². The van der Waals surface area contributed by atoms with E-state index in [1.807, 2.05) is 36.4 Å². The molecule has 2 aromatic rings. The number of pyridine rings is 1. The fourth-order valence-electron chi connectivity index (χ4n) is 4.77. The van der Waals surface area contributed by atoms with Gasteiger partial charge in [0.25, 0.3) is 5.56 Å². The van der Waals surface area contributed by atoms with E-state index < -0.39 is 0 Å². The standard InChI is InChI=1S/C22H27N3O2/c23-20-16-8-4-9-17(20)13-18(12-16)21(26)24-19-10-5-11-25(22(19)27)14-15-6-2-1-3-7-15/h1-3,5-7,10-11,16-18,20H,4,8-9,12-14,23H2,(H,24,26). The highest BCUT2D eigenvalue weighted by Crippen LogP contribution is 2.42. The molecule has 27 heavy (non-hydrogen) atoms. The Bertz CT molecular complexity index is 847. The van der Waals surface area contributed by atoms with Crippen molar-refractivity contribution in [3.8, 4) is 0 Å². The van der Waals surface area contributed by atoms with Crippen molar-refractivity contribution in [2.24, 2.45) is 23.5 Å². The number of hydrogen-bond acceptors (Lipinski definition) is 3. The van der Waals surface area contributed by atoms with Crippen LogP contribution in [0.4, 0.5) is 5.69 Å². The van der Waals surface area contributed by atoms with Crippen molar-refractivity contribution in [2.45, 2.75) is 44.7 Å². The van der Waals surface area contributed by atoms with Crippen LogP contribution >= 0.6 is 0 Å². The quantitative estimate of drug-likeness (QED) is 0.874. The summed E-state index contributed by atoms with van der Waals surface area (Å²) in [4.78, 5) is 25.6. The number of anilines is 1. The van der Waals surface area contributed by atoms with Gasteiger partial charge in [0.2, 0.25) is 5.91 Å². The summed E-state index contributed by atoms with van der Waals surface area (Å²) in [5, 5.41) is 2.90. The predicted molar refractivity (Wildman–Crippen MR) is 106 cm³/mol. The number of carbonyl (C=O) groups excluding carboxylic acids is 1. The van der Waals surface area contributed by atoms with E-state index in [0.717, 1.165) is 31.2 Å². The third kappa shape index (κ3) is 3.83. The molecule has 2 fully saturated rings. The maximum Gasteiger partial charge on any atom is 0.274 e. The molecule has 1 aromatic carbocycles. The first-order valence-electron chi connectivity index (χ1n) is 9.91. The van der Waals surface area contributed by atoms with Crippen LogP contribution in [0.2, 0.25) is 0 Å². The molecule has 4 rings (SSSR count). The number of nitrogens with two attached hydrogens (primary N) is 1. The Kier molecular flexibility index (Phi) is 5.12. The highest BCUT2D eigenvalue weighted by atomic mass is 16.2. The van der Waals surface area contributed by atoms with E-state index in [2.05, 4.69) is 5.32 Å². The number of fused-ring (bicyclic) bond motifs is 2. The minimum absolute atomic E-state index is 0.0339. The number of benzene rings is 1. The molecule has 2 aliphatic carbocycles. The second-order valence-corrected chi connectivity index (χ2v) is 8.03. The molecule has 0 spiro atoms. The lowest BCUT2D eigenvalue weighted by molar-refractivity contribution is -0.122. The van der Waals surface area contributed by atoms with E-state index in [1.54, 1.807) is 16.8 Å². The maximum atomic E-state index is 12.8. The van der Waals surface area contributed by atoms with Gasteiger partial charge in [-0.05, 0) is 55.2 Å². The number of hydrogen-bond donors (Lipinski definition) is 2. The Morgan fingerprint density at radius 3 is 2.48 bits per heavy atom. The molecule has 2 unspecified atom stereocenters. The van der Waals surface area contributed by atoms with Gasteiger partial charge in [-0.1, -0.05) is 36.8 Å². The minimum Gasteiger partial charge on any atom is -0.327 e. The highest BCUT2D eigenvalue weighted by molar-refractivity contribution is 5.92. The zero-order chi connectivity index (χ0) is 18.8. The van der Waals surface area contributed by atoms with Crippen LogP contribution in [0.5, 0.6) is 0 Å². The van der Waals surface area contributed by atoms with Crippen LogP contribution in [-0.4, -0.2) is 16.5 Å². The SMILES string of the molecule is NC1C2CCCC1CC(C(=O)Nc1cccn(Cc3ccccc3)c1=O)C2. The van der Waals surface area contributed by atoms with E-state index in [1.165, 1.54) is 6.42 Å². The Hall–Kier alpha value is -2.40. The van der Waals surface area contributed by atoms with Crippen LogP contribution in [0.1, 0.15) is 37.7 Å². The lowest BCUT2D eigenvalue weighted by atomic mass is 9.65. The van der Waals surface area contributed by atoms with Crippen molar-refractivity contribution in [3.05, 3.63) is 64.6 Å². The summed E-state index contributed by atoms with van der Waals surface area (Å²) in [6.07, 6.45) is 6.91. The van der Waals surface area contributed by atoms with Gasteiger partial charge in [-0.25, -0.2) is 0 Å². The number of amides is 1. The van der Waals surface area contributed by atoms with Gasteiger partial charge in [0.05, 0.1) is 6.54 Å². The van der Waals surface area contributed by atoms with Crippen LogP contribution in [0.3, 0.4) is 0 Å². The van der Waals surface area contributed by atoms with Crippen molar-refractivity contribution < 1.29 is 4.79 Å². The Morgan fingerprint density at radius 1 is 1.07 bits per heavy atom. The molecular weight excluding hydrogens is 338 g/mol. The smallest absolute Gasteiger partial charge is 0.274 e. The molecule has 0 radical (unpaired) electrons. The summed E-state index contributed by atoms with van der Waals surface area (Å²) in [5.41, 5.74) is 7.58. The first-order valence-corrected chi connectivity index (χ1v) is 9.91. The molecular formula is C22H27N3O2. The largest absolute Gasteiger partial charge is 0.327 e. The number of carbonyl (C=O) groups is 1. The topological polar surface area (TPSA) is 77.1 Å². The van der Waals surface area contributed by atoms with Crippen LogP contribution < -0.4 is 16.6 Å². The summed E-state index contributed by atoms with van der Waals surface area (Å²) in [6, 6.07) is 13.6. The van der Waals surface area contributed by atoms with E-state index in [0.29, 0.717) is 24.1 Å². The summed E-state index contributed by atoms with van der Waals surface area (Å²) >= 11 is 0. The van der Waals surface area contributed by atoms with Crippen LogP contribution in [0, 0.1) is 17.8 Å². The van der Waals surface area contributed by atoms with Crippen molar-refractivity contribution in [1.29, 1.82) is 0 Å². The molecule has 1 aromatic heterocycles. The van der Waals surface area contributed by atoms with Crippen molar-refractivity contribution in [3.63, 3.8) is 0 Å². The lowest BCUT2D eigenvalue weighted by Crippen LogP contribution is -2.48. The lowest BCUT2D eigenvalue weighted by Gasteiger charge is -2.43. The fourth-order valence-corrected chi connectivity index (χ4v) is 4.77. The molecule has 0 aliphatic heterocycles. The van der Waals surface area contributed by atoms with Gasteiger partial charge in [-0.2, -0.15) is 0 Å². The molecule has 2 aliphatic rings. The molecule has 142 valence electrons. The van der Waals surface area contributed by atoms with Gasteiger partial charge in [-0.15, -0.1) is 0 Å². The Balaban J connectivity index is 1.47. The second-order valence-electron chi connectivity index (χ2n) is 8.03. The van der Waals surface area contributed by atoms with Gasteiger partial charge < -0.3 is 15.6 Å². The normalized spacial score (nSPS) is 27.1. The predicted octanol–water partition coefficient (Wildman–Crippen LogP) is 2.99. The summed E-state index contributed by atoms with van der Waals surface area (Å²) in [5.74, 6) is 0.813. The molecule has 2 atom stereocenters. The van der Waals surface area contributed by atoms with Crippen molar-refractivity contribution in [1.82, 2.24) is 4.57 Å². The van der Waals surface area contributed by atoms with E-state index >= 15 is 0 Å². The first kappa shape index (κ1) is 18.0. The molecule has 3 N–H and O–H groups in total. The molecule has 2 bridgehead atoms. The fraction of sp³-hybridized carbons (Fsp3) is 0.455. The Morgan fingerprint density at radius 2 is 1.78 bits per heavy atom. The molecule has 0 saturated heterocycles. The number of aromatic nitrogens is 1. The zero-order valence-electron chi connectivity index (χ0n) is 15.5. The van der Waals surface area contributed by atoms with Gasteiger partial charge in [-0.3, -0.25) is 9.59 Å². The third-order valence-corrected chi connectivity index (χ3v) is 6.26. The first-order chi connectivity index (χ1) is 13.1.